The molecule has 3 aromatic carbocycles. The van der Waals surface area contributed by atoms with Gasteiger partial charge in [0.1, 0.15) is 5.75 Å². The third-order valence-electron chi connectivity index (χ3n) is 4.36. The zero-order chi connectivity index (χ0) is 23.7. The minimum atomic E-state index is -3.85. The number of hydrogen-bond donors (Lipinski definition) is 3. The summed E-state index contributed by atoms with van der Waals surface area (Å²) in [4.78, 5) is 24.2. The van der Waals surface area contributed by atoms with Gasteiger partial charge in [0, 0.05) is 12.1 Å². The number of amides is 2. The molecule has 3 aromatic rings. The van der Waals surface area contributed by atoms with E-state index in [-0.39, 0.29) is 17.0 Å². The van der Waals surface area contributed by atoms with Crippen molar-refractivity contribution in [2.45, 2.75) is 11.4 Å². The van der Waals surface area contributed by atoms with Gasteiger partial charge in [-0.25, -0.2) is 13.1 Å². The topological polar surface area (TPSA) is 137 Å². The summed E-state index contributed by atoms with van der Waals surface area (Å²) in [6, 6.07) is 22.7. The molecular formula is C23H20N4O5S. The van der Waals surface area contributed by atoms with Crippen LogP contribution in [-0.2, 0) is 21.4 Å². The molecule has 0 unspecified atom stereocenters. The summed E-state index contributed by atoms with van der Waals surface area (Å²) in [5.74, 6) is -1.01. The molecule has 0 spiro atoms. The predicted molar refractivity (Wildman–Crippen MR) is 119 cm³/mol. The van der Waals surface area contributed by atoms with Gasteiger partial charge in [0.15, 0.2) is 6.61 Å². The summed E-state index contributed by atoms with van der Waals surface area (Å²) >= 11 is 0. The van der Waals surface area contributed by atoms with Crippen molar-refractivity contribution in [1.29, 1.82) is 5.26 Å². The second-order valence-corrected chi connectivity index (χ2v) is 8.54. The molecule has 0 bridgehead atoms. The Labute approximate surface area is 191 Å². The molecule has 168 valence electrons. The van der Waals surface area contributed by atoms with Crippen molar-refractivity contribution in [3.8, 4) is 11.8 Å². The lowest BCUT2D eigenvalue weighted by Gasteiger charge is -2.10. The summed E-state index contributed by atoms with van der Waals surface area (Å²) < 4.78 is 32.9. The number of hydrogen-bond acceptors (Lipinski definition) is 6. The van der Waals surface area contributed by atoms with E-state index in [9.17, 15) is 18.0 Å². The van der Waals surface area contributed by atoms with Gasteiger partial charge in [0.2, 0.25) is 10.0 Å². The molecule has 9 nitrogen and oxygen atoms in total. The number of sulfonamides is 1. The largest absolute Gasteiger partial charge is 0.484 e. The van der Waals surface area contributed by atoms with Crippen LogP contribution in [0, 0.1) is 11.3 Å². The standard InChI is InChI=1S/C23H20N4O5S/c24-14-18-8-4-10-20(12-18)32-16-22(28)26-27-23(29)19-9-5-11-21(13-19)33(30,31)25-15-17-6-2-1-3-7-17/h1-13,25H,15-16H2,(H,26,28)(H,27,29). The Balaban J connectivity index is 1.54. The minimum Gasteiger partial charge on any atom is -0.484 e. The molecule has 0 aliphatic heterocycles. The highest BCUT2D eigenvalue weighted by molar-refractivity contribution is 7.89. The Kier molecular flexibility index (Phi) is 7.75. The average molecular weight is 465 g/mol. The van der Waals surface area contributed by atoms with Crippen LogP contribution in [-0.4, -0.2) is 26.8 Å². The maximum absolute atomic E-state index is 12.6. The summed E-state index contributed by atoms with van der Waals surface area (Å²) in [7, 11) is -3.85. The van der Waals surface area contributed by atoms with E-state index < -0.39 is 28.4 Å². The summed E-state index contributed by atoms with van der Waals surface area (Å²) in [6.45, 7) is -0.292. The van der Waals surface area contributed by atoms with Gasteiger partial charge in [-0.3, -0.25) is 20.4 Å². The zero-order valence-electron chi connectivity index (χ0n) is 17.3. The van der Waals surface area contributed by atoms with Crippen LogP contribution in [0.4, 0.5) is 0 Å². The number of carbonyl (C=O) groups is 2. The normalized spacial score (nSPS) is 10.6. The molecule has 0 saturated heterocycles. The molecule has 0 atom stereocenters. The molecule has 0 aliphatic carbocycles. The van der Waals surface area contributed by atoms with Crippen LogP contribution in [0.25, 0.3) is 0 Å². The highest BCUT2D eigenvalue weighted by Crippen LogP contribution is 2.13. The molecule has 0 fully saturated rings. The van der Waals surface area contributed by atoms with Crippen LogP contribution in [0.3, 0.4) is 0 Å². The second kappa shape index (κ2) is 10.9. The number of rotatable bonds is 8. The van der Waals surface area contributed by atoms with E-state index in [0.29, 0.717) is 11.3 Å². The molecule has 0 aliphatic rings. The van der Waals surface area contributed by atoms with Crippen molar-refractivity contribution in [2.24, 2.45) is 0 Å². The van der Waals surface area contributed by atoms with Crippen LogP contribution >= 0.6 is 0 Å². The molecule has 10 heteroatoms. The highest BCUT2D eigenvalue weighted by atomic mass is 32.2. The van der Waals surface area contributed by atoms with Crippen molar-refractivity contribution in [3.05, 3.63) is 95.6 Å². The van der Waals surface area contributed by atoms with Crippen molar-refractivity contribution in [2.75, 3.05) is 6.61 Å². The monoisotopic (exact) mass is 464 g/mol. The third-order valence-corrected chi connectivity index (χ3v) is 5.76. The molecular weight excluding hydrogens is 444 g/mol. The third kappa shape index (κ3) is 6.90. The molecule has 0 heterocycles. The fraction of sp³-hybridized carbons (Fsp3) is 0.0870. The Hall–Kier alpha value is -4.20. The van der Waals surface area contributed by atoms with E-state index in [2.05, 4.69) is 15.6 Å². The number of hydrazine groups is 1. The van der Waals surface area contributed by atoms with E-state index >= 15 is 0 Å². The molecule has 2 amide bonds. The van der Waals surface area contributed by atoms with E-state index in [1.165, 1.54) is 30.3 Å². The maximum Gasteiger partial charge on any atom is 0.276 e. The lowest BCUT2D eigenvalue weighted by atomic mass is 10.2. The quantitative estimate of drug-likeness (QED) is 0.435. The Morgan fingerprint density at radius 2 is 1.67 bits per heavy atom. The first kappa shape index (κ1) is 23.5. The SMILES string of the molecule is N#Cc1cccc(OCC(=O)NNC(=O)c2cccc(S(=O)(=O)NCc3ccccc3)c2)c1. The van der Waals surface area contributed by atoms with E-state index in [1.807, 2.05) is 12.1 Å². The highest BCUT2D eigenvalue weighted by Gasteiger charge is 2.16. The zero-order valence-corrected chi connectivity index (χ0v) is 18.1. The summed E-state index contributed by atoms with van der Waals surface area (Å²) in [5.41, 5.74) is 5.62. The number of nitriles is 1. The fourth-order valence-corrected chi connectivity index (χ4v) is 3.76. The second-order valence-electron chi connectivity index (χ2n) is 6.77. The number of nitrogens with zero attached hydrogens (tertiary/aromatic N) is 1. The van der Waals surface area contributed by atoms with Gasteiger partial charge < -0.3 is 4.74 Å². The number of carbonyl (C=O) groups excluding carboxylic acids is 2. The first-order valence-corrected chi connectivity index (χ1v) is 11.2. The molecule has 0 saturated carbocycles. The maximum atomic E-state index is 12.6. The van der Waals surface area contributed by atoms with E-state index in [4.69, 9.17) is 10.00 Å². The lowest BCUT2D eigenvalue weighted by Crippen LogP contribution is -2.43. The minimum absolute atomic E-state index is 0.0422. The first-order chi connectivity index (χ1) is 15.9. The van der Waals surface area contributed by atoms with Crippen LogP contribution in [0.2, 0.25) is 0 Å². The Morgan fingerprint density at radius 3 is 2.42 bits per heavy atom. The smallest absolute Gasteiger partial charge is 0.276 e. The molecule has 0 aromatic heterocycles. The van der Waals surface area contributed by atoms with Crippen LogP contribution in [0.5, 0.6) is 5.75 Å². The first-order valence-electron chi connectivity index (χ1n) is 9.73. The predicted octanol–water partition coefficient (Wildman–Crippen LogP) is 1.88. The number of nitrogens with one attached hydrogen (secondary N) is 3. The van der Waals surface area contributed by atoms with Crippen molar-refractivity contribution in [3.63, 3.8) is 0 Å². The lowest BCUT2D eigenvalue weighted by molar-refractivity contribution is -0.123. The molecule has 33 heavy (non-hydrogen) atoms. The van der Waals surface area contributed by atoms with Gasteiger partial charge in [-0.2, -0.15) is 5.26 Å². The van der Waals surface area contributed by atoms with E-state index in [1.54, 1.807) is 42.5 Å². The Morgan fingerprint density at radius 1 is 0.909 bits per heavy atom. The van der Waals surface area contributed by atoms with Crippen LogP contribution < -0.4 is 20.3 Å². The van der Waals surface area contributed by atoms with E-state index in [0.717, 1.165) is 5.56 Å². The molecule has 3 rings (SSSR count). The van der Waals surface area contributed by atoms with Gasteiger partial charge in [0.05, 0.1) is 16.5 Å². The van der Waals surface area contributed by atoms with Crippen molar-refractivity contribution >= 4 is 21.8 Å². The van der Waals surface area contributed by atoms with Gasteiger partial charge in [-0.15, -0.1) is 0 Å². The Bertz CT molecular complexity index is 1290. The number of benzene rings is 3. The summed E-state index contributed by atoms with van der Waals surface area (Å²) in [6.07, 6.45) is 0. The van der Waals surface area contributed by atoms with Crippen molar-refractivity contribution < 1.29 is 22.7 Å². The summed E-state index contributed by atoms with van der Waals surface area (Å²) in [5, 5.41) is 8.87. The van der Waals surface area contributed by atoms with Gasteiger partial charge in [0.25, 0.3) is 11.8 Å². The molecule has 0 radical (unpaired) electrons. The number of ether oxygens (including phenoxy) is 1. The van der Waals surface area contributed by atoms with Gasteiger partial charge in [-0.05, 0) is 42.0 Å². The van der Waals surface area contributed by atoms with Crippen LogP contribution in [0.15, 0.2) is 83.8 Å². The fourth-order valence-electron chi connectivity index (χ4n) is 2.70. The van der Waals surface area contributed by atoms with Gasteiger partial charge >= 0.3 is 0 Å². The average Bonchev–Trinajstić information content (AvgIpc) is 2.85. The van der Waals surface area contributed by atoms with Gasteiger partial charge in [-0.1, -0.05) is 42.5 Å². The molecule has 3 N–H and O–H groups in total. The van der Waals surface area contributed by atoms with Crippen LogP contribution in [0.1, 0.15) is 21.5 Å². The van der Waals surface area contributed by atoms with Crippen molar-refractivity contribution in [1.82, 2.24) is 15.6 Å².